The molecule has 1 N–H and O–H groups in total. The molecule has 3 aliphatic rings. The summed E-state index contributed by atoms with van der Waals surface area (Å²) < 4.78 is 0. The third-order valence-electron chi connectivity index (χ3n) is 5.97. The molecule has 0 aromatic heterocycles. The lowest BCUT2D eigenvalue weighted by atomic mass is 9.70. The zero-order valence-corrected chi connectivity index (χ0v) is 13.2. The first-order valence-corrected chi connectivity index (χ1v) is 8.76. The summed E-state index contributed by atoms with van der Waals surface area (Å²) in [7, 11) is 0. The van der Waals surface area contributed by atoms with Crippen molar-refractivity contribution in [3.05, 3.63) is 35.9 Å². The van der Waals surface area contributed by atoms with Gasteiger partial charge in [0.25, 0.3) is 0 Å². The SMILES string of the molecule is CC1(CN2CC(C3CC3)NCC2c2ccccc2)CCC1. The summed E-state index contributed by atoms with van der Waals surface area (Å²) in [4.78, 5) is 2.80. The van der Waals surface area contributed by atoms with Crippen LogP contribution < -0.4 is 5.32 Å². The number of hydrogen-bond acceptors (Lipinski definition) is 2. The Morgan fingerprint density at radius 2 is 1.95 bits per heavy atom. The molecule has 2 atom stereocenters. The van der Waals surface area contributed by atoms with Crippen molar-refractivity contribution in [1.82, 2.24) is 10.2 Å². The van der Waals surface area contributed by atoms with E-state index >= 15 is 0 Å². The summed E-state index contributed by atoms with van der Waals surface area (Å²) in [5.41, 5.74) is 2.07. The van der Waals surface area contributed by atoms with Gasteiger partial charge in [0.2, 0.25) is 0 Å². The quantitative estimate of drug-likeness (QED) is 0.909. The van der Waals surface area contributed by atoms with Crippen molar-refractivity contribution in [3.63, 3.8) is 0 Å². The molecule has 3 fully saturated rings. The van der Waals surface area contributed by atoms with Gasteiger partial charge in [0.15, 0.2) is 0 Å². The molecule has 1 aromatic rings. The fraction of sp³-hybridized carbons (Fsp3) is 0.684. The molecule has 2 unspecified atom stereocenters. The van der Waals surface area contributed by atoms with Gasteiger partial charge in [-0.1, -0.05) is 43.7 Å². The summed E-state index contributed by atoms with van der Waals surface area (Å²) in [5.74, 6) is 0.957. The minimum atomic E-state index is 0.568. The Bertz CT molecular complexity index is 476. The van der Waals surface area contributed by atoms with E-state index in [9.17, 15) is 0 Å². The summed E-state index contributed by atoms with van der Waals surface area (Å²) in [6, 6.07) is 12.4. The van der Waals surface area contributed by atoms with Gasteiger partial charge in [-0.05, 0) is 42.6 Å². The van der Waals surface area contributed by atoms with E-state index in [2.05, 4.69) is 47.5 Å². The highest BCUT2D eigenvalue weighted by molar-refractivity contribution is 5.21. The largest absolute Gasteiger partial charge is 0.311 e. The number of nitrogens with one attached hydrogen (secondary N) is 1. The second-order valence-electron chi connectivity index (χ2n) is 7.87. The monoisotopic (exact) mass is 284 g/mol. The van der Waals surface area contributed by atoms with Gasteiger partial charge in [-0.3, -0.25) is 4.90 Å². The van der Waals surface area contributed by atoms with Gasteiger partial charge in [-0.2, -0.15) is 0 Å². The number of hydrogen-bond donors (Lipinski definition) is 1. The van der Waals surface area contributed by atoms with E-state index < -0.39 is 0 Å². The Balaban J connectivity index is 1.52. The molecule has 1 heterocycles. The molecule has 0 bridgehead atoms. The Morgan fingerprint density at radius 3 is 2.57 bits per heavy atom. The summed E-state index contributed by atoms with van der Waals surface area (Å²) in [6.07, 6.45) is 7.17. The van der Waals surface area contributed by atoms with E-state index in [4.69, 9.17) is 0 Å². The van der Waals surface area contributed by atoms with Gasteiger partial charge in [0, 0.05) is 31.7 Å². The highest BCUT2D eigenvalue weighted by Crippen LogP contribution is 2.43. The zero-order valence-electron chi connectivity index (χ0n) is 13.2. The van der Waals surface area contributed by atoms with Crippen LogP contribution >= 0.6 is 0 Å². The first-order chi connectivity index (χ1) is 10.2. The first kappa shape index (κ1) is 13.8. The fourth-order valence-corrected chi connectivity index (χ4v) is 4.26. The molecule has 2 saturated carbocycles. The molecule has 1 aliphatic heterocycles. The third-order valence-corrected chi connectivity index (χ3v) is 5.97. The molecule has 0 radical (unpaired) electrons. The van der Waals surface area contributed by atoms with Crippen LogP contribution in [-0.2, 0) is 0 Å². The molecule has 2 aliphatic carbocycles. The number of nitrogens with zero attached hydrogens (tertiary/aromatic N) is 1. The second kappa shape index (κ2) is 5.40. The highest BCUT2D eigenvalue weighted by Gasteiger charge is 2.41. The summed E-state index contributed by atoms with van der Waals surface area (Å²) >= 11 is 0. The van der Waals surface area contributed by atoms with Gasteiger partial charge in [0.05, 0.1) is 0 Å². The van der Waals surface area contributed by atoms with Gasteiger partial charge in [-0.15, -0.1) is 0 Å². The maximum Gasteiger partial charge on any atom is 0.0473 e. The number of benzene rings is 1. The van der Waals surface area contributed by atoms with Crippen LogP contribution in [0.4, 0.5) is 0 Å². The normalized spacial score (nSPS) is 32.6. The van der Waals surface area contributed by atoms with E-state index in [-0.39, 0.29) is 0 Å². The van der Waals surface area contributed by atoms with Crippen LogP contribution in [0.1, 0.15) is 50.6 Å². The van der Waals surface area contributed by atoms with Crippen LogP contribution in [0, 0.1) is 11.3 Å². The van der Waals surface area contributed by atoms with E-state index in [1.54, 1.807) is 0 Å². The van der Waals surface area contributed by atoms with Crippen molar-refractivity contribution in [2.24, 2.45) is 11.3 Å². The topological polar surface area (TPSA) is 15.3 Å². The van der Waals surface area contributed by atoms with Crippen LogP contribution in [0.3, 0.4) is 0 Å². The smallest absolute Gasteiger partial charge is 0.0473 e. The van der Waals surface area contributed by atoms with Crippen molar-refractivity contribution < 1.29 is 0 Å². The first-order valence-electron chi connectivity index (χ1n) is 8.76. The van der Waals surface area contributed by atoms with Crippen LogP contribution in [-0.4, -0.2) is 30.6 Å². The molecule has 2 nitrogen and oxygen atoms in total. The van der Waals surface area contributed by atoms with E-state index in [0.29, 0.717) is 11.5 Å². The van der Waals surface area contributed by atoms with Gasteiger partial charge in [-0.25, -0.2) is 0 Å². The second-order valence-corrected chi connectivity index (χ2v) is 7.87. The molecule has 4 rings (SSSR count). The number of rotatable bonds is 4. The average molecular weight is 284 g/mol. The van der Waals surface area contributed by atoms with Crippen molar-refractivity contribution in [3.8, 4) is 0 Å². The minimum absolute atomic E-state index is 0.568. The fourth-order valence-electron chi connectivity index (χ4n) is 4.26. The van der Waals surface area contributed by atoms with E-state index in [1.165, 1.54) is 50.8 Å². The van der Waals surface area contributed by atoms with Gasteiger partial charge in [0.1, 0.15) is 0 Å². The molecule has 2 heteroatoms. The van der Waals surface area contributed by atoms with Crippen molar-refractivity contribution in [1.29, 1.82) is 0 Å². The van der Waals surface area contributed by atoms with Crippen LogP contribution in [0.25, 0.3) is 0 Å². The molecule has 21 heavy (non-hydrogen) atoms. The highest BCUT2D eigenvalue weighted by atomic mass is 15.2. The van der Waals surface area contributed by atoms with Gasteiger partial charge >= 0.3 is 0 Å². The predicted molar refractivity (Wildman–Crippen MR) is 87.2 cm³/mol. The average Bonchev–Trinajstić information content (AvgIpc) is 3.31. The van der Waals surface area contributed by atoms with E-state index in [1.807, 2.05) is 0 Å². The molecule has 114 valence electrons. The van der Waals surface area contributed by atoms with Crippen LogP contribution in [0.15, 0.2) is 30.3 Å². The maximum absolute atomic E-state index is 3.84. The number of piperazine rings is 1. The lowest BCUT2D eigenvalue weighted by Gasteiger charge is -2.48. The Morgan fingerprint density at radius 1 is 1.19 bits per heavy atom. The standard InChI is InChI=1S/C19H28N2/c1-19(10-5-11-19)14-21-13-17(15-8-9-15)20-12-18(21)16-6-3-2-4-7-16/h2-4,6-7,15,17-18,20H,5,8-14H2,1H3. The predicted octanol–water partition coefficient (Wildman–Crippen LogP) is 3.60. The zero-order chi connectivity index (χ0) is 14.3. The van der Waals surface area contributed by atoms with E-state index in [0.717, 1.165) is 18.5 Å². The molecule has 1 saturated heterocycles. The Hall–Kier alpha value is -0.860. The Labute approximate surface area is 128 Å². The van der Waals surface area contributed by atoms with Crippen molar-refractivity contribution >= 4 is 0 Å². The Kier molecular flexibility index (Phi) is 3.55. The minimum Gasteiger partial charge on any atom is -0.311 e. The van der Waals surface area contributed by atoms with Crippen LogP contribution in [0.5, 0.6) is 0 Å². The molecule has 1 aromatic carbocycles. The van der Waals surface area contributed by atoms with Crippen molar-refractivity contribution in [2.75, 3.05) is 19.6 Å². The van der Waals surface area contributed by atoms with Crippen LogP contribution in [0.2, 0.25) is 0 Å². The molecular formula is C19H28N2. The lowest BCUT2D eigenvalue weighted by Crippen LogP contribution is -2.56. The molecule has 0 amide bonds. The summed E-state index contributed by atoms with van der Waals surface area (Å²) in [6.45, 7) is 6.16. The van der Waals surface area contributed by atoms with Gasteiger partial charge < -0.3 is 5.32 Å². The lowest BCUT2D eigenvalue weighted by molar-refractivity contribution is 0.0324. The van der Waals surface area contributed by atoms with Crippen molar-refractivity contribution in [2.45, 2.75) is 51.1 Å². The maximum atomic E-state index is 3.84. The third kappa shape index (κ3) is 2.89. The molecule has 0 spiro atoms. The summed E-state index contributed by atoms with van der Waals surface area (Å²) in [5, 5.41) is 3.84. The molecular weight excluding hydrogens is 256 g/mol.